The summed E-state index contributed by atoms with van der Waals surface area (Å²) >= 11 is 0. The SMILES string of the molecule is COc1ccccc1/C=C/C(=O)NCC1(CCO)CC1. The molecule has 0 saturated heterocycles. The van der Waals surface area contributed by atoms with E-state index in [9.17, 15) is 4.79 Å². The summed E-state index contributed by atoms with van der Waals surface area (Å²) < 4.78 is 5.22. The van der Waals surface area contributed by atoms with E-state index in [1.807, 2.05) is 24.3 Å². The van der Waals surface area contributed by atoms with Crippen molar-refractivity contribution in [2.75, 3.05) is 20.3 Å². The zero-order valence-corrected chi connectivity index (χ0v) is 11.8. The molecule has 2 N–H and O–H groups in total. The summed E-state index contributed by atoms with van der Waals surface area (Å²) in [6.45, 7) is 0.829. The fourth-order valence-corrected chi connectivity index (χ4v) is 2.23. The summed E-state index contributed by atoms with van der Waals surface area (Å²) in [7, 11) is 1.61. The largest absolute Gasteiger partial charge is 0.496 e. The summed E-state index contributed by atoms with van der Waals surface area (Å²) in [5, 5.41) is 11.9. The average Bonchev–Trinajstić information content (AvgIpc) is 3.24. The fraction of sp³-hybridized carbons (Fsp3) is 0.438. The van der Waals surface area contributed by atoms with E-state index in [4.69, 9.17) is 9.84 Å². The van der Waals surface area contributed by atoms with E-state index in [0.717, 1.165) is 30.6 Å². The smallest absolute Gasteiger partial charge is 0.244 e. The number of carbonyl (C=O) groups is 1. The standard InChI is InChI=1S/C16H21NO3/c1-20-14-5-3-2-4-13(14)6-7-15(19)17-12-16(8-9-16)10-11-18/h2-7,18H,8-12H2,1H3,(H,17,19)/b7-6+. The molecule has 4 nitrogen and oxygen atoms in total. The van der Waals surface area contributed by atoms with Crippen LogP contribution in [0.5, 0.6) is 5.75 Å². The molecule has 1 aromatic rings. The Balaban J connectivity index is 1.86. The molecule has 2 rings (SSSR count). The summed E-state index contributed by atoms with van der Waals surface area (Å²) in [6, 6.07) is 7.55. The summed E-state index contributed by atoms with van der Waals surface area (Å²) in [5.74, 6) is 0.635. The molecule has 20 heavy (non-hydrogen) atoms. The Bertz CT molecular complexity index is 492. The summed E-state index contributed by atoms with van der Waals surface area (Å²) in [6.07, 6.45) is 6.21. The first-order valence-corrected chi connectivity index (χ1v) is 6.89. The number of carbonyl (C=O) groups excluding carboxylic acids is 1. The molecule has 1 aliphatic rings. The minimum Gasteiger partial charge on any atom is -0.496 e. The van der Waals surface area contributed by atoms with Gasteiger partial charge in [0.25, 0.3) is 0 Å². The molecule has 1 saturated carbocycles. The molecule has 1 fully saturated rings. The second-order valence-electron chi connectivity index (χ2n) is 5.27. The number of hydrogen-bond donors (Lipinski definition) is 2. The zero-order valence-electron chi connectivity index (χ0n) is 11.8. The van der Waals surface area contributed by atoms with E-state index in [2.05, 4.69) is 5.32 Å². The van der Waals surface area contributed by atoms with Gasteiger partial charge >= 0.3 is 0 Å². The van der Waals surface area contributed by atoms with Crippen LogP contribution < -0.4 is 10.1 Å². The Morgan fingerprint density at radius 1 is 1.45 bits per heavy atom. The van der Waals surface area contributed by atoms with E-state index in [-0.39, 0.29) is 17.9 Å². The Morgan fingerprint density at radius 2 is 2.20 bits per heavy atom. The van der Waals surface area contributed by atoms with Crippen molar-refractivity contribution in [3.63, 3.8) is 0 Å². The van der Waals surface area contributed by atoms with Gasteiger partial charge in [-0.05, 0) is 36.8 Å². The van der Waals surface area contributed by atoms with Gasteiger partial charge in [-0.25, -0.2) is 0 Å². The first-order chi connectivity index (χ1) is 9.69. The van der Waals surface area contributed by atoms with Crippen LogP contribution in [-0.2, 0) is 4.79 Å². The molecule has 1 aromatic carbocycles. The number of benzene rings is 1. The average molecular weight is 275 g/mol. The van der Waals surface area contributed by atoms with Gasteiger partial charge in [0, 0.05) is 24.8 Å². The Labute approximate surface area is 119 Å². The zero-order chi connectivity index (χ0) is 14.4. The van der Waals surface area contributed by atoms with E-state index < -0.39 is 0 Å². The highest BCUT2D eigenvalue weighted by Crippen LogP contribution is 2.47. The number of nitrogens with one attached hydrogen (secondary N) is 1. The molecule has 0 radical (unpaired) electrons. The molecule has 0 spiro atoms. The third kappa shape index (κ3) is 3.84. The number of ether oxygens (including phenoxy) is 1. The van der Waals surface area contributed by atoms with Gasteiger partial charge in [0.15, 0.2) is 0 Å². The number of amides is 1. The van der Waals surface area contributed by atoms with Gasteiger partial charge in [0.1, 0.15) is 5.75 Å². The minimum absolute atomic E-state index is 0.111. The number of rotatable bonds is 7. The van der Waals surface area contributed by atoms with Crippen LogP contribution in [0.2, 0.25) is 0 Å². The topological polar surface area (TPSA) is 58.6 Å². The molecule has 0 aromatic heterocycles. The van der Waals surface area contributed by atoms with Crippen molar-refractivity contribution in [3.05, 3.63) is 35.9 Å². The van der Waals surface area contributed by atoms with Crippen LogP contribution in [0, 0.1) is 5.41 Å². The van der Waals surface area contributed by atoms with Crippen LogP contribution in [0.4, 0.5) is 0 Å². The van der Waals surface area contributed by atoms with Crippen LogP contribution in [0.3, 0.4) is 0 Å². The molecule has 1 amide bonds. The van der Waals surface area contributed by atoms with E-state index >= 15 is 0 Å². The molecule has 0 bridgehead atoms. The van der Waals surface area contributed by atoms with Crippen LogP contribution in [0.25, 0.3) is 6.08 Å². The van der Waals surface area contributed by atoms with Gasteiger partial charge < -0.3 is 15.2 Å². The lowest BCUT2D eigenvalue weighted by Gasteiger charge is -2.13. The number of aliphatic hydroxyl groups is 1. The normalized spacial score (nSPS) is 16.1. The van der Waals surface area contributed by atoms with E-state index in [1.165, 1.54) is 6.08 Å². The lowest BCUT2D eigenvalue weighted by atomic mass is 10.0. The molecule has 1 aliphatic carbocycles. The maximum absolute atomic E-state index is 11.8. The predicted molar refractivity (Wildman–Crippen MR) is 78.4 cm³/mol. The van der Waals surface area contributed by atoms with Crippen molar-refractivity contribution < 1.29 is 14.6 Å². The van der Waals surface area contributed by atoms with Gasteiger partial charge in [-0.15, -0.1) is 0 Å². The van der Waals surface area contributed by atoms with Crippen LogP contribution >= 0.6 is 0 Å². The fourth-order valence-electron chi connectivity index (χ4n) is 2.23. The number of hydrogen-bond acceptors (Lipinski definition) is 3. The van der Waals surface area contributed by atoms with Crippen LogP contribution in [-0.4, -0.2) is 31.3 Å². The van der Waals surface area contributed by atoms with Crippen LogP contribution in [0.1, 0.15) is 24.8 Å². The monoisotopic (exact) mass is 275 g/mol. The molecule has 0 unspecified atom stereocenters. The van der Waals surface area contributed by atoms with Crippen molar-refractivity contribution >= 4 is 12.0 Å². The van der Waals surface area contributed by atoms with Crippen molar-refractivity contribution in [2.45, 2.75) is 19.3 Å². The van der Waals surface area contributed by atoms with Gasteiger partial charge in [-0.3, -0.25) is 4.79 Å². The first-order valence-electron chi connectivity index (χ1n) is 6.89. The van der Waals surface area contributed by atoms with Gasteiger partial charge in [-0.1, -0.05) is 18.2 Å². The molecular weight excluding hydrogens is 254 g/mol. The van der Waals surface area contributed by atoms with Crippen molar-refractivity contribution in [1.82, 2.24) is 5.32 Å². The number of methoxy groups -OCH3 is 1. The molecular formula is C16H21NO3. The second-order valence-corrected chi connectivity index (χ2v) is 5.27. The highest BCUT2D eigenvalue weighted by Gasteiger charge is 2.41. The highest BCUT2D eigenvalue weighted by atomic mass is 16.5. The number of aliphatic hydroxyl groups excluding tert-OH is 1. The van der Waals surface area contributed by atoms with E-state index in [1.54, 1.807) is 13.2 Å². The lowest BCUT2D eigenvalue weighted by molar-refractivity contribution is -0.116. The van der Waals surface area contributed by atoms with Gasteiger partial charge in [0.05, 0.1) is 7.11 Å². The van der Waals surface area contributed by atoms with Crippen molar-refractivity contribution in [2.24, 2.45) is 5.41 Å². The summed E-state index contributed by atoms with van der Waals surface area (Å²) in [4.78, 5) is 11.8. The Kier molecular flexibility index (Phi) is 4.79. The first kappa shape index (κ1) is 14.6. The van der Waals surface area contributed by atoms with Gasteiger partial charge in [-0.2, -0.15) is 0 Å². The molecule has 0 heterocycles. The Hall–Kier alpha value is -1.81. The minimum atomic E-state index is -0.111. The van der Waals surface area contributed by atoms with Crippen LogP contribution in [0.15, 0.2) is 30.3 Å². The quantitative estimate of drug-likeness (QED) is 0.748. The van der Waals surface area contributed by atoms with Gasteiger partial charge in [0.2, 0.25) is 5.91 Å². The maximum atomic E-state index is 11.8. The summed E-state index contributed by atoms with van der Waals surface area (Å²) in [5.41, 5.74) is 1.02. The maximum Gasteiger partial charge on any atom is 0.244 e. The van der Waals surface area contributed by atoms with Crippen molar-refractivity contribution in [3.8, 4) is 5.75 Å². The third-order valence-electron chi connectivity index (χ3n) is 3.79. The highest BCUT2D eigenvalue weighted by molar-refractivity contribution is 5.92. The molecule has 0 aliphatic heterocycles. The Morgan fingerprint density at radius 3 is 2.85 bits per heavy atom. The van der Waals surface area contributed by atoms with Crippen molar-refractivity contribution in [1.29, 1.82) is 0 Å². The molecule has 0 atom stereocenters. The molecule has 108 valence electrons. The third-order valence-corrected chi connectivity index (χ3v) is 3.79. The second kappa shape index (κ2) is 6.57. The predicted octanol–water partition coefficient (Wildman–Crippen LogP) is 1.99. The van der Waals surface area contributed by atoms with E-state index in [0.29, 0.717) is 6.54 Å². The lowest BCUT2D eigenvalue weighted by Crippen LogP contribution is -2.29. The number of para-hydroxylation sites is 1. The molecule has 4 heteroatoms.